The molecule has 1 aromatic heterocycles. The van der Waals surface area contributed by atoms with Gasteiger partial charge in [-0.25, -0.2) is 0 Å². The van der Waals surface area contributed by atoms with Crippen LogP contribution >= 0.6 is 0 Å². The number of rotatable bonds is 2. The molecule has 0 saturated carbocycles. The van der Waals surface area contributed by atoms with E-state index in [1.165, 1.54) is 5.56 Å². The Morgan fingerprint density at radius 3 is 2.65 bits per heavy atom. The quantitative estimate of drug-likeness (QED) is 0.908. The van der Waals surface area contributed by atoms with E-state index in [1.807, 2.05) is 32.9 Å². The molecule has 1 aliphatic heterocycles. The second kappa shape index (κ2) is 4.98. The molecule has 0 aliphatic carbocycles. The van der Waals surface area contributed by atoms with Crippen molar-refractivity contribution in [2.45, 2.75) is 39.7 Å². The summed E-state index contributed by atoms with van der Waals surface area (Å²) in [6.45, 7) is 6.61. The predicted molar refractivity (Wildman–Crippen MR) is 77.2 cm³/mol. The van der Waals surface area contributed by atoms with E-state index < -0.39 is 6.10 Å². The molecule has 0 amide bonds. The van der Waals surface area contributed by atoms with Crippen LogP contribution in [0.5, 0.6) is 5.75 Å². The van der Waals surface area contributed by atoms with Crippen molar-refractivity contribution < 1.29 is 14.3 Å². The summed E-state index contributed by atoms with van der Waals surface area (Å²) in [6.07, 6.45) is 1.41. The van der Waals surface area contributed by atoms with Crippen LogP contribution in [0, 0.1) is 20.8 Å². The summed E-state index contributed by atoms with van der Waals surface area (Å²) in [4.78, 5) is 0. The average molecular weight is 272 g/mol. The van der Waals surface area contributed by atoms with E-state index in [0.29, 0.717) is 0 Å². The van der Waals surface area contributed by atoms with Gasteiger partial charge in [0, 0.05) is 5.56 Å². The summed E-state index contributed by atoms with van der Waals surface area (Å²) >= 11 is 0. The molecule has 1 atom stereocenters. The van der Waals surface area contributed by atoms with Gasteiger partial charge < -0.3 is 14.3 Å². The Labute approximate surface area is 119 Å². The number of hydrogen-bond acceptors (Lipinski definition) is 3. The fraction of sp³-hybridized carbons (Fsp3) is 0.412. The molecule has 1 aromatic carbocycles. The molecule has 0 radical (unpaired) electrons. The van der Waals surface area contributed by atoms with Gasteiger partial charge >= 0.3 is 0 Å². The second-order valence-corrected chi connectivity index (χ2v) is 5.47. The van der Waals surface area contributed by atoms with Gasteiger partial charge in [0.15, 0.2) is 0 Å². The molecular weight excluding hydrogens is 252 g/mol. The molecule has 0 fully saturated rings. The number of hydrogen-bond donors (Lipinski definition) is 1. The topological polar surface area (TPSA) is 42.6 Å². The zero-order chi connectivity index (χ0) is 14.3. The largest absolute Gasteiger partial charge is 0.493 e. The zero-order valence-corrected chi connectivity index (χ0v) is 12.2. The number of fused-ring (bicyclic) bond motifs is 1. The Hall–Kier alpha value is -1.74. The maximum atomic E-state index is 10.7. The lowest BCUT2D eigenvalue weighted by atomic mass is 9.95. The summed E-state index contributed by atoms with van der Waals surface area (Å²) < 4.78 is 11.2. The lowest BCUT2D eigenvalue weighted by Crippen LogP contribution is -2.10. The van der Waals surface area contributed by atoms with Crippen molar-refractivity contribution in [1.82, 2.24) is 0 Å². The highest BCUT2D eigenvalue weighted by Gasteiger charge is 2.22. The second-order valence-electron chi connectivity index (χ2n) is 5.47. The van der Waals surface area contributed by atoms with Crippen molar-refractivity contribution >= 4 is 0 Å². The Morgan fingerprint density at radius 1 is 1.15 bits per heavy atom. The third kappa shape index (κ3) is 2.12. The van der Waals surface area contributed by atoms with Crippen molar-refractivity contribution in [3.63, 3.8) is 0 Å². The van der Waals surface area contributed by atoms with Crippen LogP contribution in [-0.2, 0) is 6.42 Å². The molecule has 106 valence electrons. The molecule has 3 heteroatoms. The number of ether oxygens (including phenoxy) is 1. The van der Waals surface area contributed by atoms with Gasteiger partial charge in [-0.05, 0) is 62.4 Å². The maximum absolute atomic E-state index is 10.7. The van der Waals surface area contributed by atoms with Crippen LogP contribution in [0.25, 0.3) is 0 Å². The van der Waals surface area contributed by atoms with Gasteiger partial charge in [0.05, 0.1) is 6.61 Å². The van der Waals surface area contributed by atoms with Gasteiger partial charge in [0.1, 0.15) is 23.4 Å². The monoisotopic (exact) mass is 272 g/mol. The van der Waals surface area contributed by atoms with Gasteiger partial charge in [-0.2, -0.15) is 0 Å². The number of aryl methyl sites for hydroxylation is 3. The first-order valence-corrected chi connectivity index (χ1v) is 7.08. The molecule has 0 spiro atoms. The molecule has 2 heterocycles. The van der Waals surface area contributed by atoms with Crippen molar-refractivity contribution in [3.8, 4) is 5.75 Å². The lowest BCUT2D eigenvalue weighted by molar-refractivity contribution is 0.216. The van der Waals surface area contributed by atoms with Crippen molar-refractivity contribution in [2.75, 3.05) is 6.61 Å². The first-order chi connectivity index (χ1) is 9.58. The van der Waals surface area contributed by atoms with Gasteiger partial charge in [-0.1, -0.05) is 6.07 Å². The minimum absolute atomic E-state index is 0.639. The minimum atomic E-state index is -0.639. The van der Waals surface area contributed by atoms with E-state index >= 15 is 0 Å². The smallest absolute Gasteiger partial charge is 0.122 e. The van der Waals surface area contributed by atoms with Gasteiger partial charge in [0.2, 0.25) is 0 Å². The summed E-state index contributed by atoms with van der Waals surface area (Å²) in [6, 6.07) is 5.96. The molecular formula is C17H20O3. The minimum Gasteiger partial charge on any atom is -0.493 e. The summed E-state index contributed by atoms with van der Waals surface area (Å²) in [7, 11) is 0. The first kappa shape index (κ1) is 13.3. The molecule has 1 N–H and O–H groups in total. The fourth-order valence-electron chi connectivity index (χ4n) is 2.93. The molecule has 20 heavy (non-hydrogen) atoms. The van der Waals surface area contributed by atoms with Crippen LogP contribution in [0.2, 0.25) is 0 Å². The van der Waals surface area contributed by atoms with E-state index in [4.69, 9.17) is 9.15 Å². The highest BCUT2D eigenvalue weighted by Crippen LogP contribution is 2.34. The van der Waals surface area contributed by atoms with Crippen LogP contribution in [0.15, 0.2) is 22.6 Å². The average Bonchev–Trinajstić information content (AvgIpc) is 2.71. The summed E-state index contributed by atoms with van der Waals surface area (Å²) in [5.41, 5.74) is 4.01. The molecule has 3 rings (SSSR count). The lowest BCUT2D eigenvalue weighted by Gasteiger charge is -2.19. The Bertz CT molecular complexity index is 640. The third-order valence-electron chi connectivity index (χ3n) is 4.14. The normalized spacial score (nSPS) is 15.6. The van der Waals surface area contributed by atoms with Gasteiger partial charge in [0.25, 0.3) is 0 Å². The van der Waals surface area contributed by atoms with Crippen LogP contribution in [0.4, 0.5) is 0 Å². The molecule has 1 aliphatic rings. The van der Waals surface area contributed by atoms with E-state index in [0.717, 1.165) is 53.4 Å². The van der Waals surface area contributed by atoms with E-state index in [2.05, 4.69) is 6.07 Å². The Kier molecular flexibility index (Phi) is 3.30. The summed E-state index contributed by atoms with van der Waals surface area (Å²) in [5, 5.41) is 10.7. The molecule has 3 nitrogen and oxygen atoms in total. The Morgan fingerprint density at radius 2 is 1.95 bits per heavy atom. The SMILES string of the molecule is Cc1oc(C)c(C(O)c2ccc3c(c2)CCCO3)c1C. The highest BCUT2D eigenvalue weighted by atomic mass is 16.5. The standard InChI is InChI=1S/C17H20O3/c1-10-11(2)20-12(3)16(10)17(18)14-6-7-15-13(9-14)5-4-8-19-15/h6-7,9,17-18H,4-5,8H2,1-3H3. The highest BCUT2D eigenvalue weighted by molar-refractivity contribution is 5.44. The van der Waals surface area contributed by atoms with Crippen LogP contribution < -0.4 is 4.74 Å². The van der Waals surface area contributed by atoms with Gasteiger partial charge in [-0.3, -0.25) is 0 Å². The van der Waals surface area contributed by atoms with Gasteiger partial charge in [-0.15, -0.1) is 0 Å². The van der Waals surface area contributed by atoms with Crippen LogP contribution in [-0.4, -0.2) is 11.7 Å². The first-order valence-electron chi connectivity index (χ1n) is 7.08. The zero-order valence-electron chi connectivity index (χ0n) is 12.2. The molecule has 0 bridgehead atoms. The van der Waals surface area contributed by atoms with Crippen molar-refractivity contribution in [1.29, 1.82) is 0 Å². The molecule has 2 aromatic rings. The van der Waals surface area contributed by atoms with Crippen LogP contribution in [0.3, 0.4) is 0 Å². The summed E-state index contributed by atoms with van der Waals surface area (Å²) in [5.74, 6) is 2.61. The van der Waals surface area contributed by atoms with Crippen molar-refractivity contribution in [2.24, 2.45) is 0 Å². The number of furan rings is 1. The van der Waals surface area contributed by atoms with E-state index in [-0.39, 0.29) is 0 Å². The van der Waals surface area contributed by atoms with E-state index in [1.54, 1.807) is 0 Å². The maximum Gasteiger partial charge on any atom is 0.122 e. The Balaban J connectivity index is 2.00. The number of aliphatic hydroxyl groups excluding tert-OH is 1. The van der Waals surface area contributed by atoms with Crippen molar-refractivity contribution in [3.05, 3.63) is 52.0 Å². The third-order valence-corrected chi connectivity index (χ3v) is 4.14. The number of aliphatic hydroxyl groups is 1. The molecule has 1 unspecified atom stereocenters. The van der Waals surface area contributed by atoms with E-state index in [9.17, 15) is 5.11 Å². The fourth-order valence-corrected chi connectivity index (χ4v) is 2.93. The predicted octanol–water partition coefficient (Wildman–Crippen LogP) is 3.61. The number of benzene rings is 1. The molecule has 0 saturated heterocycles. The van der Waals surface area contributed by atoms with Crippen LogP contribution in [0.1, 0.15) is 46.3 Å².